The van der Waals surface area contributed by atoms with Crippen LogP contribution in [-0.4, -0.2) is 15.9 Å². The Bertz CT molecular complexity index is 2240. The minimum atomic E-state index is -0.337. The summed E-state index contributed by atoms with van der Waals surface area (Å²) in [7, 11) is 0. The van der Waals surface area contributed by atoms with E-state index in [2.05, 4.69) is 113 Å². The molecule has 3 aromatic carbocycles. The smallest absolute Gasteiger partial charge is 0.164 e. The van der Waals surface area contributed by atoms with Gasteiger partial charge in [-0.25, -0.2) is 0 Å². The third-order valence-electron chi connectivity index (χ3n) is 11.4. The molecule has 3 aromatic heterocycles. The van der Waals surface area contributed by atoms with Gasteiger partial charge in [0.2, 0.25) is 0 Å². The first-order chi connectivity index (χ1) is 25.0. The molecule has 3 heterocycles. The van der Waals surface area contributed by atoms with Crippen molar-refractivity contribution in [1.82, 2.24) is 4.98 Å². The van der Waals surface area contributed by atoms with E-state index in [9.17, 15) is 9.90 Å². The molecule has 0 atom stereocenters. The number of ketones is 1. The Balaban J connectivity index is 0.000000309. The zero-order chi connectivity index (χ0) is 38.7. The van der Waals surface area contributed by atoms with Crippen LogP contribution in [0.3, 0.4) is 0 Å². The number of fused-ring (bicyclic) bond motifs is 3. The summed E-state index contributed by atoms with van der Waals surface area (Å²) in [4.78, 5) is 19.8. The molecule has 6 aromatic rings. The number of allylic oxidation sites excluding steroid dienone is 2. The molecule has 6 rings (SSSR count). The van der Waals surface area contributed by atoms with E-state index in [1.165, 1.54) is 48.5 Å². The van der Waals surface area contributed by atoms with Gasteiger partial charge in [0.15, 0.2) is 5.78 Å². The maximum atomic E-state index is 12.2. The van der Waals surface area contributed by atoms with Gasteiger partial charge >= 0.3 is 0 Å². The van der Waals surface area contributed by atoms with Crippen LogP contribution in [0.5, 0.6) is 0 Å². The van der Waals surface area contributed by atoms with Crippen molar-refractivity contribution < 1.29 is 30.0 Å². The maximum absolute atomic E-state index is 12.2. The first kappa shape index (κ1) is 43.6. The summed E-state index contributed by atoms with van der Waals surface area (Å²) >= 11 is 3.63. The van der Waals surface area contributed by atoms with E-state index in [-0.39, 0.29) is 47.9 Å². The van der Waals surface area contributed by atoms with Crippen LogP contribution in [0, 0.1) is 22.8 Å². The Morgan fingerprint density at radius 1 is 0.852 bits per heavy atom. The zero-order valence-electron chi connectivity index (χ0n) is 34.1. The minimum Gasteiger partial charge on any atom is -0.512 e. The van der Waals surface area contributed by atoms with Gasteiger partial charge in [-0.15, -0.1) is 51.8 Å². The van der Waals surface area contributed by atoms with E-state index in [0.717, 1.165) is 53.6 Å². The van der Waals surface area contributed by atoms with Crippen molar-refractivity contribution in [3.63, 3.8) is 0 Å². The van der Waals surface area contributed by atoms with Crippen molar-refractivity contribution in [3.8, 4) is 22.4 Å². The quantitative estimate of drug-likeness (QED) is 0.0800. The van der Waals surface area contributed by atoms with Gasteiger partial charge < -0.3 is 5.11 Å². The molecular weight excluding hydrogens is 879 g/mol. The second-order valence-corrected chi connectivity index (χ2v) is 18.6. The molecular formula is C48H58IrNO2S2-. The maximum Gasteiger partial charge on any atom is 0.164 e. The van der Waals surface area contributed by atoms with Crippen molar-refractivity contribution >= 4 is 59.5 Å². The average Bonchev–Trinajstić information content (AvgIpc) is 3.79. The molecule has 0 fully saturated rings. The molecule has 1 radical (unpaired) electrons. The van der Waals surface area contributed by atoms with Gasteiger partial charge in [-0.1, -0.05) is 117 Å². The third kappa shape index (κ3) is 9.44. The Morgan fingerprint density at radius 3 is 2.15 bits per heavy atom. The molecule has 54 heavy (non-hydrogen) atoms. The molecule has 0 saturated carbocycles. The third-order valence-corrected chi connectivity index (χ3v) is 13.3. The molecule has 1 N–H and O–H groups in total. The first-order valence-electron chi connectivity index (χ1n) is 19.4. The van der Waals surface area contributed by atoms with Crippen LogP contribution in [-0.2, 0) is 36.7 Å². The number of nitrogens with zero attached hydrogens (tertiary/aromatic N) is 1. The van der Waals surface area contributed by atoms with E-state index >= 15 is 0 Å². The molecule has 0 spiro atoms. The number of rotatable bonds is 11. The Kier molecular flexibility index (Phi) is 14.3. The normalized spacial score (nSPS) is 12.6. The molecule has 0 aliphatic rings. The number of carbonyl (C=O) groups excluding carboxylic acids is 1. The molecule has 0 aliphatic carbocycles. The zero-order valence-corrected chi connectivity index (χ0v) is 38.1. The predicted molar refractivity (Wildman–Crippen MR) is 233 cm³/mol. The van der Waals surface area contributed by atoms with E-state index in [1.807, 2.05) is 52.9 Å². The molecule has 0 saturated heterocycles. The molecule has 6 heteroatoms. The fraction of sp³-hybridized carbons (Fsp3) is 0.417. The van der Waals surface area contributed by atoms with E-state index in [0.29, 0.717) is 5.92 Å². The molecule has 0 unspecified atom stereocenters. The van der Waals surface area contributed by atoms with Gasteiger partial charge in [0.05, 0.1) is 0 Å². The van der Waals surface area contributed by atoms with Gasteiger partial charge in [0.25, 0.3) is 0 Å². The van der Waals surface area contributed by atoms with Gasteiger partial charge in [0, 0.05) is 57.7 Å². The number of aromatic nitrogens is 1. The summed E-state index contributed by atoms with van der Waals surface area (Å²) in [5.74, 6) is 0.954. The Labute approximate surface area is 345 Å². The second kappa shape index (κ2) is 17.8. The monoisotopic (exact) mass is 937 g/mol. The van der Waals surface area contributed by atoms with E-state index < -0.39 is 0 Å². The van der Waals surface area contributed by atoms with E-state index in [1.54, 1.807) is 11.3 Å². The summed E-state index contributed by atoms with van der Waals surface area (Å²) in [6.07, 6.45) is 5.89. The van der Waals surface area contributed by atoms with Crippen LogP contribution < -0.4 is 0 Å². The number of aliphatic hydroxyl groups is 1. The first-order valence-corrected chi connectivity index (χ1v) is 21.1. The summed E-state index contributed by atoms with van der Waals surface area (Å²) in [5, 5.41) is 17.3. The van der Waals surface area contributed by atoms with Crippen LogP contribution >= 0.6 is 22.7 Å². The molecule has 0 aliphatic heterocycles. The molecule has 289 valence electrons. The fourth-order valence-electron chi connectivity index (χ4n) is 6.77. The number of hydrogen-bond donors (Lipinski definition) is 1. The van der Waals surface area contributed by atoms with Gasteiger partial charge in [-0.2, -0.15) is 0 Å². The van der Waals surface area contributed by atoms with Gasteiger partial charge in [-0.3, -0.25) is 9.78 Å². The topological polar surface area (TPSA) is 50.2 Å². The fourth-order valence-corrected chi connectivity index (χ4v) is 8.81. The van der Waals surface area contributed by atoms with Crippen molar-refractivity contribution in [1.29, 1.82) is 0 Å². The van der Waals surface area contributed by atoms with Gasteiger partial charge in [-0.05, 0) is 89.6 Å². The minimum absolute atomic E-state index is 0. The van der Waals surface area contributed by atoms with Crippen molar-refractivity contribution in [3.05, 3.63) is 100 Å². The second-order valence-electron chi connectivity index (χ2n) is 16.6. The van der Waals surface area contributed by atoms with Crippen molar-refractivity contribution in [2.45, 2.75) is 114 Å². The summed E-state index contributed by atoms with van der Waals surface area (Å²) in [5.41, 5.74) is 5.30. The van der Waals surface area contributed by atoms with Crippen LogP contribution in [0.25, 0.3) is 53.5 Å². The van der Waals surface area contributed by atoms with E-state index in [4.69, 9.17) is 4.98 Å². The number of pyridine rings is 1. The average molecular weight is 937 g/mol. The van der Waals surface area contributed by atoms with Crippen LogP contribution in [0.1, 0.15) is 112 Å². The predicted octanol–water partition coefficient (Wildman–Crippen LogP) is 14.9. The van der Waals surface area contributed by atoms with Gasteiger partial charge in [0.1, 0.15) is 10.6 Å². The Hall–Kier alpha value is -3.15. The number of thiophene rings is 2. The standard InChI is InChI=1S/C33H30NS2.C15H28O2.Ir/c1-20(2)14-25-17-24-16-22(10-11-31(24)36-25)28-19-30(34-32-27(28)12-13-35-32)23-15-21-8-6-7-9-26(21)29(18-23)33(3,4)5;1-7-14(5,8-2)12(16)11-13(17)15(6,9-3)10-4;/h6-13,16-20H,14H2,1-5H3;11,16H,7-10H2,1-6H3;/q-1;;/b;12-11-;. The summed E-state index contributed by atoms with van der Waals surface area (Å²) in [6, 6.07) is 28.4. The molecule has 3 nitrogen and oxygen atoms in total. The molecule has 0 amide bonds. The number of carbonyl (C=O) groups is 1. The van der Waals surface area contributed by atoms with Crippen LogP contribution in [0.4, 0.5) is 0 Å². The summed E-state index contributed by atoms with van der Waals surface area (Å²) in [6.45, 7) is 23.5. The Morgan fingerprint density at radius 2 is 1.52 bits per heavy atom. The number of aliphatic hydroxyl groups excluding tert-OH is 1. The van der Waals surface area contributed by atoms with Crippen LogP contribution in [0.15, 0.2) is 83.9 Å². The number of benzene rings is 3. The van der Waals surface area contributed by atoms with Crippen LogP contribution in [0.2, 0.25) is 0 Å². The molecule has 0 bridgehead atoms. The van der Waals surface area contributed by atoms with Crippen molar-refractivity contribution in [2.75, 3.05) is 0 Å². The summed E-state index contributed by atoms with van der Waals surface area (Å²) < 4.78 is 1.36. The number of hydrogen-bond acceptors (Lipinski definition) is 5. The SMILES string of the molecule is CC(C)Cc1cc2cc(-c3cc(-c4[c-]c5ccccc5c(C(C)(C)C)c4)nc4sccc34)ccc2s1.CCC(C)(CC)C(=O)/C=C(\O)C(C)(CC)CC.[Ir]. The van der Waals surface area contributed by atoms with Crippen molar-refractivity contribution in [2.24, 2.45) is 16.7 Å². The largest absolute Gasteiger partial charge is 0.512 e.